The van der Waals surface area contributed by atoms with Gasteiger partial charge in [0.25, 0.3) is 11.1 Å². The van der Waals surface area contributed by atoms with Crippen molar-refractivity contribution in [3.63, 3.8) is 0 Å². The molecular weight excluding hydrogens is 627 g/mol. The molecule has 0 saturated carbocycles. The largest absolute Gasteiger partial charge is 0.490 e. The molecule has 37 heavy (non-hydrogen) atoms. The topological polar surface area (TPSA) is 84.9 Å². The van der Waals surface area contributed by atoms with E-state index in [1.807, 2.05) is 37.3 Å². The highest BCUT2D eigenvalue weighted by Gasteiger charge is 2.36. The van der Waals surface area contributed by atoms with E-state index in [4.69, 9.17) is 21.1 Å². The first kappa shape index (κ1) is 27.0. The number of carbonyl (C=O) groups is 3. The summed E-state index contributed by atoms with van der Waals surface area (Å²) in [5, 5.41) is 2.79. The number of thioether (sulfide) groups is 1. The summed E-state index contributed by atoms with van der Waals surface area (Å²) in [6.07, 6.45) is 1.61. The number of para-hydroxylation sites is 1. The Hall–Kier alpha value is -3.02. The van der Waals surface area contributed by atoms with Crippen LogP contribution in [0.5, 0.6) is 11.5 Å². The van der Waals surface area contributed by atoms with Crippen LogP contribution in [-0.4, -0.2) is 35.1 Å². The molecule has 1 heterocycles. The number of amides is 3. The Morgan fingerprint density at radius 3 is 2.54 bits per heavy atom. The van der Waals surface area contributed by atoms with Crippen LogP contribution in [0.3, 0.4) is 0 Å². The van der Waals surface area contributed by atoms with Gasteiger partial charge in [-0.3, -0.25) is 19.3 Å². The SMILES string of the molecule is CCOc1cc(/C=C2/SC(=O)N(CC(=O)Nc3ccccc3)C2=O)cc(I)c1OCc1ccccc1Cl. The zero-order valence-corrected chi connectivity index (χ0v) is 23.4. The number of hydrogen-bond donors (Lipinski definition) is 1. The average Bonchev–Trinajstić information content (AvgIpc) is 3.12. The fraction of sp³-hybridized carbons (Fsp3) is 0.148. The fourth-order valence-corrected chi connectivity index (χ4v) is 5.30. The molecule has 0 radical (unpaired) electrons. The predicted octanol–water partition coefficient (Wildman–Crippen LogP) is 6.60. The summed E-state index contributed by atoms with van der Waals surface area (Å²) in [7, 11) is 0. The number of ether oxygens (including phenoxy) is 2. The molecule has 1 saturated heterocycles. The highest BCUT2D eigenvalue weighted by Crippen LogP contribution is 2.38. The molecule has 1 fully saturated rings. The number of rotatable bonds is 9. The van der Waals surface area contributed by atoms with Crippen molar-refractivity contribution >= 4 is 74.8 Å². The van der Waals surface area contributed by atoms with E-state index in [1.54, 1.807) is 42.5 Å². The van der Waals surface area contributed by atoms with Gasteiger partial charge in [0.1, 0.15) is 13.2 Å². The van der Waals surface area contributed by atoms with Crippen molar-refractivity contribution in [2.75, 3.05) is 18.5 Å². The van der Waals surface area contributed by atoms with E-state index in [0.717, 1.165) is 25.8 Å². The Kier molecular flexibility index (Phi) is 9.12. The third-order valence-corrected chi connectivity index (χ3v) is 7.27. The minimum atomic E-state index is -0.523. The van der Waals surface area contributed by atoms with Gasteiger partial charge in [0.05, 0.1) is 15.1 Å². The fourth-order valence-electron chi connectivity index (χ4n) is 3.49. The molecular formula is C27H22ClIN2O5S. The quantitative estimate of drug-likeness (QED) is 0.208. The Morgan fingerprint density at radius 2 is 1.81 bits per heavy atom. The number of nitrogens with zero attached hydrogens (tertiary/aromatic N) is 1. The minimum Gasteiger partial charge on any atom is -0.490 e. The number of benzene rings is 3. The zero-order chi connectivity index (χ0) is 26.4. The summed E-state index contributed by atoms with van der Waals surface area (Å²) in [6, 6.07) is 19.9. The summed E-state index contributed by atoms with van der Waals surface area (Å²) >= 11 is 9.18. The Bertz CT molecular complexity index is 1370. The standard InChI is InChI=1S/C27H22ClIN2O5S/c1-2-35-22-13-17(12-21(29)25(22)36-16-18-8-6-7-11-20(18)28)14-23-26(33)31(27(34)37-23)15-24(32)30-19-9-4-3-5-10-19/h3-14H,2,15-16H2,1H3,(H,30,32)/b23-14+. The smallest absolute Gasteiger partial charge is 0.294 e. The van der Waals surface area contributed by atoms with Crippen LogP contribution in [0.1, 0.15) is 18.1 Å². The molecule has 10 heteroatoms. The number of carbonyl (C=O) groups excluding carboxylic acids is 3. The molecule has 3 aromatic carbocycles. The van der Waals surface area contributed by atoms with Crippen molar-refractivity contribution in [3.05, 3.63) is 91.4 Å². The van der Waals surface area contributed by atoms with E-state index in [1.165, 1.54) is 0 Å². The Morgan fingerprint density at radius 1 is 1.08 bits per heavy atom. The maximum atomic E-state index is 12.9. The maximum Gasteiger partial charge on any atom is 0.294 e. The lowest BCUT2D eigenvalue weighted by Crippen LogP contribution is -2.36. The summed E-state index contributed by atoms with van der Waals surface area (Å²) in [5.74, 6) is 0.0903. The van der Waals surface area contributed by atoms with Crippen LogP contribution >= 0.6 is 46.0 Å². The third kappa shape index (κ3) is 6.85. The number of halogens is 2. The molecule has 1 aliphatic heterocycles. The molecule has 3 aromatic rings. The van der Waals surface area contributed by atoms with Crippen molar-refractivity contribution < 1.29 is 23.9 Å². The Balaban J connectivity index is 1.50. The number of nitrogens with one attached hydrogen (secondary N) is 1. The molecule has 0 aromatic heterocycles. The van der Waals surface area contributed by atoms with Gasteiger partial charge in [0.2, 0.25) is 5.91 Å². The molecule has 0 aliphatic carbocycles. The maximum absolute atomic E-state index is 12.9. The Labute approximate surface area is 237 Å². The van der Waals surface area contributed by atoms with Crippen LogP contribution in [0.4, 0.5) is 10.5 Å². The number of imide groups is 1. The molecule has 0 atom stereocenters. The molecule has 1 aliphatic rings. The minimum absolute atomic E-state index is 0.223. The van der Waals surface area contributed by atoms with Crippen LogP contribution in [0, 0.1) is 3.57 Å². The van der Waals surface area contributed by atoms with Gasteiger partial charge in [-0.1, -0.05) is 48.0 Å². The van der Waals surface area contributed by atoms with E-state index in [-0.39, 0.29) is 18.1 Å². The summed E-state index contributed by atoms with van der Waals surface area (Å²) in [5.41, 5.74) is 2.10. The summed E-state index contributed by atoms with van der Waals surface area (Å²) in [4.78, 5) is 39.0. The lowest BCUT2D eigenvalue weighted by molar-refractivity contribution is -0.127. The van der Waals surface area contributed by atoms with E-state index in [0.29, 0.717) is 34.4 Å². The van der Waals surface area contributed by atoms with Gasteiger partial charge in [-0.2, -0.15) is 0 Å². The highest BCUT2D eigenvalue weighted by atomic mass is 127. The van der Waals surface area contributed by atoms with E-state index >= 15 is 0 Å². The molecule has 7 nitrogen and oxygen atoms in total. The summed E-state index contributed by atoms with van der Waals surface area (Å²) in [6.45, 7) is 2.17. The normalized spacial score (nSPS) is 14.2. The number of anilines is 1. The van der Waals surface area contributed by atoms with Crippen molar-refractivity contribution in [2.24, 2.45) is 0 Å². The second-order valence-corrected chi connectivity index (χ2v) is 10.4. The van der Waals surface area contributed by atoms with Crippen LogP contribution in [0.2, 0.25) is 5.02 Å². The van der Waals surface area contributed by atoms with E-state index < -0.39 is 17.1 Å². The summed E-state index contributed by atoms with van der Waals surface area (Å²) < 4.78 is 12.6. The van der Waals surface area contributed by atoms with Gasteiger partial charge < -0.3 is 14.8 Å². The first-order valence-electron chi connectivity index (χ1n) is 11.3. The van der Waals surface area contributed by atoms with Crippen LogP contribution in [0.15, 0.2) is 71.6 Å². The molecule has 0 unspecified atom stereocenters. The predicted molar refractivity (Wildman–Crippen MR) is 154 cm³/mol. The average molecular weight is 649 g/mol. The van der Waals surface area contributed by atoms with E-state index in [9.17, 15) is 14.4 Å². The van der Waals surface area contributed by atoms with Crippen LogP contribution < -0.4 is 14.8 Å². The van der Waals surface area contributed by atoms with Gasteiger partial charge >= 0.3 is 0 Å². The van der Waals surface area contributed by atoms with Crippen LogP contribution in [-0.2, 0) is 16.2 Å². The molecule has 3 amide bonds. The first-order chi connectivity index (χ1) is 17.9. The van der Waals surface area contributed by atoms with E-state index in [2.05, 4.69) is 27.9 Å². The second kappa shape index (κ2) is 12.5. The second-order valence-electron chi connectivity index (χ2n) is 7.83. The molecule has 190 valence electrons. The lowest BCUT2D eigenvalue weighted by atomic mass is 10.1. The first-order valence-corrected chi connectivity index (χ1v) is 13.6. The molecule has 0 spiro atoms. The lowest BCUT2D eigenvalue weighted by Gasteiger charge is -2.15. The monoisotopic (exact) mass is 648 g/mol. The van der Waals surface area contributed by atoms with Crippen LogP contribution in [0.25, 0.3) is 6.08 Å². The van der Waals surface area contributed by atoms with Gasteiger partial charge in [-0.25, -0.2) is 0 Å². The van der Waals surface area contributed by atoms with Crippen molar-refractivity contribution in [1.82, 2.24) is 4.90 Å². The zero-order valence-electron chi connectivity index (χ0n) is 19.7. The molecule has 0 bridgehead atoms. The highest BCUT2D eigenvalue weighted by molar-refractivity contribution is 14.1. The van der Waals surface area contributed by atoms with Gasteiger partial charge in [-0.15, -0.1) is 0 Å². The number of hydrogen-bond acceptors (Lipinski definition) is 6. The van der Waals surface area contributed by atoms with Crippen molar-refractivity contribution in [3.8, 4) is 11.5 Å². The van der Waals surface area contributed by atoms with Gasteiger partial charge in [0.15, 0.2) is 11.5 Å². The van der Waals surface area contributed by atoms with Gasteiger partial charge in [-0.05, 0) is 83.2 Å². The molecule has 1 N–H and O–H groups in total. The molecule has 4 rings (SSSR count). The third-order valence-electron chi connectivity index (χ3n) is 5.19. The van der Waals surface area contributed by atoms with Gasteiger partial charge in [0, 0.05) is 16.3 Å². The van der Waals surface area contributed by atoms with Crippen molar-refractivity contribution in [1.29, 1.82) is 0 Å². The van der Waals surface area contributed by atoms with Crippen molar-refractivity contribution in [2.45, 2.75) is 13.5 Å².